The van der Waals surface area contributed by atoms with Gasteiger partial charge in [-0.15, -0.1) is 0 Å². The van der Waals surface area contributed by atoms with Crippen LogP contribution in [0.5, 0.6) is 0 Å². The molecule has 2 rings (SSSR count). The van der Waals surface area contributed by atoms with Gasteiger partial charge in [0.2, 0.25) is 10.0 Å². The molecule has 20 heavy (non-hydrogen) atoms. The molecule has 1 aliphatic rings. The molecule has 0 radical (unpaired) electrons. The number of nitrogens with zero attached hydrogens (tertiary/aromatic N) is 2. The van der Waals surface area contributed by atoms with Crippen LogP contribution in [0, 0.1) is 0 Å². The van der Waals surface area contributed by atoms with Crippen molar-refractivity contribution >= 4 is 31.8 Å². The van der Waals surface area contributed by atoms with Crippen LogP contribution < -0.4 is 5.32 Å². The second-order valence-electron chi connectivity index (χ2n) is 4.85. The topological polar surface area (TPSA) is 62.3 Å². The van der Waals surface area contributed by atoms with Gasteiger partial charge in [0.05, 0.1) is 0 Å². The lowest BCUT2D eigenvalue weighted by molar-refractivity contribution is 0.379. The van der Waals surface area contributed by atoms with E-state index in [0.29, 0.717) is 23.4 Å². The summed E-state index contributed by atoms with van der Waals surface area (Å²) < 4.78 is 28.0. The lowest BCUT2D eigenvalue weighted by Crippen LogP contribution is -2.35. The first kappa shape index (κ1) is 15.7. The quantitative estimate of drug-likeness (QED) is 0.875. The predicted octanol–water partition coefficient (Wildman–Crippen LogP) is 2.84. The van der Waals surface area contributed by atoms with E-state index in [-0.39, 0.29) is 10.9 Å². The fraction of sp³-hybridized carbons (Fsp3) is 0.615. The molecule has 0 saturated carbocycles. The number of anilines is 1. The summed E-state index contributed by atoms with van der Waals surface area (Å²) in [5.74, 6) is 0.428. The van der Waals surface area contributed by atoms with Gasteiger partial charge in [-0.05, 0) is 48.2 Å². The third-order valence-corrected chi connectivity index (χ3v) is 5.94. The minimum absolute atomic E-state index is 0.105. The smallest absolute Gasteiger partial charge is 0.247 e. The fourth-order valence-corrected chi connectivity index (χ4v) is 4.97. The lowest BCUT2D eigenvalue weighted by atomic mass is 10.2. The molecule has 0 bridgehead atoms. The lowest BCUT2D eigenvalue weighted by Gasteiger charge is -2.24. The molecule has 1 fully saturated rings. The van der Waals surface area contributed by atoms with Crippen molar-refractivity contribution in [2.75, 3.05) is 18.4 Å². The average molecular weight is 362 g/mol. The molecule has 7 heteroatoms. The number of rotatable bonds is 5. The van der Waals surface area contributed by atoms with E-state index in [1.807, 2.05) is 13.8 Å². The molecule has 5 nitrogen and oxygen atoms in total. The summed E-state index contributed by atoms with van der Waals surface area (Å²) >= 11 is 3.31. The van der Waals surface area contributed by atoms with Gasteiger partial charge in [-0.3, -0.25) is 0 Å². The van der Waals surface area contributed by atoms with Crippen LogP contribution >= 0.6 is 15.9 Å². The van der Waals surface area contributed by atoms with E-state index in [2.05, 4.69) is 26.2 Å². The molecular weight excluding hydrogens is 342 g/mol. The maximum absolute atomic E-state index is 12.9. The molecule has 1 unspecified atom stereocenters. The molecule has 0 aliphatic carbocycles. The van der Waals surface area contributed by atoms with Crippen molar-refractivity contribution in [3.05, 3.63) is 16.7 Å². The summed E-state index contributed by atoms with van der Waals surface area (Å²) in [6.07, 6.45) is 4.32. The highest BCUT2D eigenvalue weighted by Crippen LogP contribution is 2.31. The van der Waals surface area contributed by atoms with Gasteiger partial charge in [0.15, 0.2) is 0 Å². The average Bonchev–Trinajstić information content (AvgIpc) is 2.90. The zero-order valence-electron chi connectivity index (χ0n) is 11.8. The summed E-state index contributed by atoms with van der Waals surface area (Å²) in [6, 6.07) is 1.74. The summed E-state index contributed by atoms with van der Waals surface area (Å²) in [7, 11) is -3.50. The normalized spacial score (nSPS) is 20.2. The minimum Gasteiger partial charge on any atom is -0.369 e. The van der Waals surface area contributed by atoms with Gasteiger partial charge in [-0.2, -0.15) is 4.31 Å². The van der Waals surface area contributed by atoms with Gasteiger partial charge in [-0.25, -0.2) is 13.4 Å². The van der Waals surface area contributed by atoms with E-state index in [4.69, 9.17) is 0 Å². The van der Waals surface area contributed by atoms with Crippen LogP contribution in [-0.2, 0) is 10.0 Å². The molecule has 2 heterocycles. The molecule has 1 N–H and O–H groups in total. The van der Waals surface area contributed by atoms with Crippen molar-refractivity contribution in [2.45, 2.75) is 44.0 Å². The first-order chi connectivity index (χ1) is 9.50. The number of hydrogen-bond acceptors (Lipinski definition) is 4. The first-order valence-electron chi connectivity index (χ1n) is 6.92. The minimum atomic E-state index is -3.50. The number of sulfonamides is 1. The van der Waals surface area contributed by atoms with Crippen LogP contribution in [0.25, 0.3) is 0 Å². The molecule has 112 valence electrons. The standard InChI is InChI=1S/C13H20BrN3O2S/c1-3-11-6-5-7-17(11)20(18,19)12-8-10(14)9-16-13(12)15-4-2/h8-9,11H,3-7H2,1-2H3,(H,15,16). The Morgan fingerprint density at radius 2 is 2.25 bits per heavy atom. The van der Waals surface area contributed by atoms with Crippen LogP contribution in [0.2, 0.25) is 0 Å². The second-order valence-corrected chi connectivity index (χ2v) is 7.63. The molecule has 1 atom stereocenters. The Hall–Kier alpha value is -0.660. The maximum Gasteiger partial charge on any atom is 0.247 e. The Labute approximate surface area is 129 Å². The van der Waals surface area contributed by atoms with Crippen LogP contribution in [-0.4, -0.2) is 36.8 Å². The third-order valence-electron chi connectivity index (χ3n) is 3.54. The summed E-state index contributed by atoms with van der Waals surface area (Å²) in [4.78, 5) is 4.45. The highest BCUT2D eigenvalue weighted by Gasteiger charge is 2.35. The van der Waals surface area contributed by atoms with E-state index in [1.165, 1.54) is 0 Å². The van der Waals surface area contributed by atoms with Crippen molar-refractivity contribution in [3.63, 3.8) is 0 Å². The number of pyridine rings is 1. The van der Waals surface area contributed by atoms with Gasteiger partial charge in [-0.1, -0.05) is 6.92 Å². The Balaban J connectivity index is 2.45. The Bertz CT molecular complexity index is 577. The Kier molecular flexibility index (Phi) is 5.04. The number of halogens is 1. The predicted molar refractivity (Wildman–Crippen MR) is 83.3 cm³/mol. The summed E-state index contributed by atoms with van der Waals surface area (Å²) in [6.45, 7) is 5.18. The number of aromatic nitrogens is 1. The molecule has 1 aromatic rings. The third kappa shape index (κ3) is 2.99. The second kappa shape index (κ2) is 6.41. The van der Waals surface area contributed by atoms with Crippen molar-refractivity contribution in [1.29, 1.82) is 0 Å². The van der Waals surface area contributed by atoms with Crippen LogP contribution in [0.1, 0.15) is 33.1 Å². The molecule has 1 saturated heterocycles. The maximum atomic E-state index is 12.9. The van der Waals surface area contributed by atoms with Crippen molar-refractivity contribution < 1.29 is 8.42 Å². The van der Waals surface area contributed by atoms with Gasteiger partial charge in [0.25, 0.3) is 0 Å². The zero-order valence-corrected chi connectivity index (χ0v) is 14.2. The monoisotopic (exact) mass is 361 g/mol. The van der Waals surface area contributed by atoms with E-state index in [0.717, 1.165) is 19.3 Å². The zero-order chi connectivity index (χ0) is 14.8. The molecule has 0 amide bonds. The fourth-order valence-electron chi connectivity index (χ4n) is 2.58. The molecule has 0 aromatic carbocycles. The van der Waals surface area contributed by atoms with Gasteiger partial charge >= 0.3 is 0 Å². The van der Waals surface area contributed by atoms with E-state index in [1.54, 1.807) is 16.6 Å². The summed E-state index contributed by atoms with van der Waals surface area (Å²) in [5.41, 5.74) is 0. The van der Waals surface area contributed by atoms with Crippen molar-refractivity contribution in [1.82, 2.24) is 9.29 Å². The molecule has 1 aromatic heterocycles. The molecule has 1 aliphatic heterocycles. The van der Waals surface area contributed by atoms with Crippen molar-refractivity contribution in [2.24, 2.45) is 0 Å². The van der Waals surface area contributed by atoms with Gasteiger partial charge < -0.3 is 5.32 Å². The highest BCUT2D eigenvalue weighted by atomic mass is 79.9. The summed E-state index contributed by atoms with van der Waals surface area (Å²) in [5, 5.41) is 3.03. The Morgan fingerprint density at radius 1 is 1.50 bits per heavy atom. The molecular formula is C13H20BrN3O2S. The van der Waals surface area contributed by atoms with Gasteiger partial charge in [0.1, 0.15) is 10.7 Å². The highest BCUT2D eigenvalue weighted by molar-refractivity contribution is 9.10. The number of hydrogen-bond donors (Lipinski definition) is 1. The molecule has 0 spiro atoms. The number of nitrogens with one attached hydrogen (secondary N) is 1. The Morgan fingerprint density at radius 3 is 2.90 bits per heavy atom. The SMILES string of the molecule is CCNc1ncc(Br)cc1S(=O)(=O)N1CCCC1CC. The van der Waals surface area contributed by atoms with Crippen LogP contribution in [0.3, 0.4) is 0 Å². The van der Waals surface area contributed by atoms with Crippen molar-refractivity contribution in [3.8, 4) is 0 Å². The van der Waals surface area contributed by atoms with E-state index < -0.39 is 10.0 Å². The largest absolute Gasteiger partial charge is 0.369 e. The van der Waals surface area contributed by atoms with Crippen LogP contribution in [0.4, 0.5) is 5.82 Å². The van der Waals surface area contributed by atoms with Gasteiger partial charge in [0, 0.05) is 29.8 Å². The van der Waals surface area contributed by atoms with E-state index in [9.17, 15) is 8.42 Å². The first-order valence-corrected chi connectivity index (χ1v) is 9.15. The van der Waals surface area contributed by atoms with Crippen LogP contribution in [0.15, 0.2) is 21.6 Å². The van der Waals surface area contributed by atoms with E-state index >= 15 is 0 Å².